The molecule has 0 saturated heterocycles. The Morgan fingerprint density at radius 2 is 1.85 bits per heavy atom. The zero-order valence-electron chi connectivity index (χ0n) is 6.59. The highest BCUT2D eigenvalue weighted by Crippen LogP contribution is 2.14. The molecular weight excluding hydrogens is 180 g/mol. The highest BCUT2D eigenvalue weighted by molar-refractivity contribution is 5.75. The van der Waals surface area contributed by atoms with Crippen LogP contribution in [-0.4, -0.2) is 12.5 Å². The Hall–Kier alpha value is -1.65. The Morgan fingerprint density at radius 3 is 2.31 bits per heavy atom. The third kappa shape index (κ3) is 3.06. The molecular formula is C8H7F2NO2. The molecule has 1 amide bonds. The van der Waals surface area contributed by atoms with Crippen molar-refractivity contribution in [3.63, 3.8) is 0 Å². The predicted octanol–water partition coefficient (Wildman–Crippen LogP) is 0.829. The van der Waals surface area contributed by atoms with Crippen molar-refractivity contribution in [1.29, 1.82) is 0 Å². The summed E-state index contributed by atoms with van der Waals surface area (Å²) < 4.78 is 29.7. The van der Waals surface area contributed by atoms with Crippen LogP contribution in [0.4, 0.5) is 8.78 Å². The van der Waals surface area contributed by atoms with Crippen LogP contribution in [0.3, 0.4) is 0 Å². The van der Waals surface area contributed by atoms with E-state index >= 15 is 0 Å². The highest BCUT2D eigenvalue weighted by atomic mass is 19.1. The molecule has 0 heterocycles. The Labute approximate surface area is 73.1 Å². The van der Waals surface area contributed by atoms with Crippen LogP contribution >= 0.6 is 0 Å². The molecule has 1 rings (SSSR count). The second kappa shape index (κ2) is 3.84. The van der Waals surface area contributed by atoms with E-state index in [0.717, 1.165) is 12.1 Å². The smallest absolute Gasteiger partial charge is 0.255 e. The van der Waals surface area contributed by atoms with Crippen LogP contribution in [0.1, 0.15) is 0 Å². The molecule has 0 spiro atoms. The number of rotatable bonds is 3. The summed E-state index contributed by atoms with van der Waals surface area (Å²) in [6.45, 7) is -0.400. The van der Waals surface area contributed by atoms with Crippen molar-refractivity contribution in [3.8, 4) is 5.75 Å². The van der Waals surface area contributed by atoms with Crippen molar-refractivity contribution in [2.24, 2.45) is 5.73 Å². The van der Waals surface area contributed by atoms with E-state index in [0.29, 0.717) is 6.07 Å². The van der Waals surface area contributed by atoms with Crippen molar-refractivity contribution in [2.75, 3.05) is 6.61 Å². The zero-order chi connectivity index (χ0) is 9.84. The lowest BCUT2D eigenvalue weighted by molar-refractivity contribution is -0.119. The number of halogens is 2. The molecule has 1 aromatic carbocycles. The molecule has 0 aromatic heterocycles. The Morgan fingerprint density at radius 1 is 1.31 bits per heavy atom. The average Bonchev–Trinajstić information content (AvgIpc) is 1.99. The van der Waals surface area contributed by atoms with E-state index in [1.165, 1.54) is 0 Å². The largest absolute Gasteiger partial charge is 0.484 e. The number of benzene rings is 1. The maximum atomic E-state index is 12.5. The Kier molecular flexibility index (Phi) is 2.79. The molecule has 2 N–H and O–H groups in total. The van der Waals surface area contributed by atoms with E-state index in [1.54, 1.807) is 0 Å². The van der Waals surface area contributed by atoms with Gasteiger partial charge in [-0.2, -0.15) is 0 Å². The summed E-state index contributed by atoms with van der Waals surface area (Å²) in [7, 11) is 0. The van der Waals surface area contributed by atoms with E-state index < -0.39 is 24.1 Å². The second-order valence-electron chi connectivity index (χ2n) is 2.36. The summed E-state index contributed by atoms with van der Waals surface area (Å²) in [6, 6.07) is 2.63. The SMILES string of the molecule is NC(=O)COc1cc(F)cc(F)c1. The van der Waals surface area contributed by atoms with Crippen molar-refractivity contribution >= 4 is 5.91 Å². The minimum Gasteiger partial charge on any atom is -0.484 e. The fraction of sp³-hybridized carbons (Fsp3) is 0.125. The lowest BCUT2D eigenvalue weighted by Gasteiger charge is -2.02. The van der Waals surface area contributed by atoms with E-state index in [-0.39, 0.29) is 5.75 Å². The van der Waals surface area contributed by atoms with Crippen molar-refractivity contribution in [2.45, 2.75) is 0 Å². The van der Waals surface area contributed by atoms with Gasteiger partial charge in [0, 0.05) is 18.2 Å². The van der Waals surface area contributed by atoms with E-state index in [1.807, 2.05) is 0 Å². The van der Waals surface area contributed by atoms with Crippen LogP contribution in [0.5, 0.6) is 5.75 Å². The molecule has 0 unspecified atom stereocenters. The van der Waals surface area contributed by atoms with Gasteiger partial charge in [0.15, 0.2) is 6.61 Å². The van der Waals surface area contributed by atoms with Gasteiger partial charge >= 0.3 is 0 Å². The van der Waals surface area contributed by atoms with Crippen LogP contribution < -0.4 is 10.5 Å². The first-order chi connectivity index (χ1) is 6.08. The van der Waals surface area contributed by atoms with E-state index in [4.69, 9.17) is 5.73 Å². The van der Waals surface area contributed by atoms with E-state index in [2.05, 4.69) is 4.74 Å². The van der Waals surface area contributed by atoms with Crippen LogP contribution in [0, 0.1) is 11.6 Å². The minimum absolute atomic E-state index is 0.0590. The van der Waals surface area contributed by atoms with Gasteiger partial charge in [-0.15, -0.1) is 0 Å². The second-order valence-corrected chi connectivity index (χ2v) is 2.36. The highest BCUT2D eigenvalue weighted by Gasteiger charge is 2.02. The first-order valence-corrected chi connectivity index (χ1v) is 3.45. The lowest BCUT2D eigenvalue weighted by atomic mass is 10.3. The number of primary amides is 1. The van der Waals surface area contributed by atoms with Crippen molar-refractivity contribution < 1.29 is 18.3 Å². The van der Waals surface area contributed by atoms with E-state index in [9.17, 15) is 13.6 Å². The summed E-state index contributed by atoms with van der Waals surface area (Å²) in [5.74, 6) is -2.29. The molecule has 0 atom stereocenters. The molecule has 0 bridgehead atoms. The fourth-order valence-electron chi connectivity index (χ4n) is 0.766. The summed E-state index contributed by atoms with van der Waals surface area (Å²) in [4.78, 5) is 10.3. The molecule has 70 valence electrons. The summed E-state index contributed by atoms with van der Waals surface area (Å²) >= 11 is 0. The molecule has 13 heavy (non-hydrogen) atoms. The van der Waals surface area contributed by atoms with Crippen molar-refractivity contribution in [1.82, 2.24) is 0 Å². The first kappa shape index (κ1) is 9.44. The number of hydrogen-bond donors (Lipinski definition) is 1. The molecule has 0 fully saturated rings. The average molecular weight is 187 g/mol. The van der Waals surface area contributed by atoms with Gasteiger partial charge in [0.05, 0.1) is 0 Å². The third-order valence-corrected chi connectivity index (χ3v) is 1.22. The molecule has 0 radical (unpaired) electrons. The van der Waals surface area contributed by atoms with Crippen LogP contribution in [-0.2, 0) is 4.79 Å². The Balaban J connectivity index is 2.71. The standard InChI is InChI=1S/C8H7F2NO2/c9-5-1-6(10)3-7(2-5)13-4-8(11)12/h1-3H,4H2,(H2,11,12). The number of amides is 1. The summed E-state index contributed by atoms with van der Waals surface area (Å²) in [5.41, 5.74) is 4.76. The predicted molar refractivity (Wildman–Crippen MR) is 41.0 cm³/mol. The maximum Gasteiger partial charge on any atom is 0.255 e. The number of hydrogen-bond acceptors (Lipinski definition) is 2. The monoisotopic (exact) mass is 187 g/mol. The maximum absolute atomic E-state index is 12.5. The minimum atomic E-state index is -0.764. The van der Waals surface area contributed by atoms with Gasteiger partial charge in [0.1, 0.15) is 17.4 Å². The summed E-state index contributed by atoms with van der Waals surface area (Å²) in [6.07, 6.45) is 0. The molecule has 0 aliphatic carbocycles. The number of carbonyl (C=O) groups excluding carboxylic acids is 1. The first-order valence-electron chi connectivity index (χ1n) is 3.45. The Bertz CT molecular complexity index is 308. The third-order valence-electron chi connectivity index (χ3n) is 1.22. The van der Waals surface area contributed by atoms with Gasteiger partial charge in [-0.3, -0.25) is 4.79 Å². The molecule has 1 aromatic rings. The van der Waals surface area contributed by atoms with Gasteiger partial charge in [-0.1, -0.05) is 0 Å². The summed E-state index contributed by atoms with van der Waals surface area (Å²) in [5, 5.41) is 0. The zero-order valence-corrected chi connectivity index (χ0v) is 6.59. The number of nitrogens with two attached hydrogens (primary N) is 1. The quantitative estimate of drug-likeness (QED) is 0.761. The van der Waals surface area contributed by atoms with Crippen LogP contribution in [0.15, 0.2) is 18.2 Å². The molecule has 0 aliphatic rings. The van der Waals surface area contributed by atoms with Crippen LogP contribution in [0.25, 0.3) is 0 Å². The topological polar surface area (TPSA) is 52.3 Å². The number of ether oxygens (including phenoxy) is 1. The lowest BCUT2D eigenvalue weighted by Crippen LogP contribution is -2.20. The van der Waals surface area contributed by atoms with Gasteiger partial charge < -0.3 is 10.5 Å². The number of carbonyl (C=O) groups is 1. The van der Waals surface area contributed by atoms with Gasteiger partial charge in [0.25, 0.3) is 5.91 Å². The van der Waals surface area contributed by atoms with Crippen molar-refractivity contribution in [3.05, 3.63) is 29.8 Å². The van der Waals surface area contributed by atoms with Gasteiger partial charge in [-0.25, -0.2) is 8.78 Å². The van der Waals surface area contributed by atoms with Gasteiger partial charge in [0.2, 0.25) is 0 Å². The molecule has 0 aliphatic heterocycles. The molecule has 5 heteroatoms. The fourth-order valence-corrected chi connectivity index (χ4v) is 0.766. The molecule has 0 saturated carbocycles. The molecule has 3 nitrogen and oxygen atoms in total. The van der Waals surface area contributed by atoms with Crippen LogP contribution in [0.2, 0.25) is 0 Å². The van der Waals surface area contributed by atoms with Gasteiger partial charge in [-0.05, 0) is 0 Å². The normalized spacial score (nSPS) is 9.69.